The Balaban J connectivity index is 1.57. The molecule has 90 valence electrons. The van der Waals surface area contributed by atoms with Gasteiger partial charge >= 0.3 is 0 Å². The summed E-state index contributed by atoms with van der Waals surface area (Å²) in [5, 5.41) is 3.44. The molecular weight excluding hydrogens is 214 g/mol. The Kier molecular flexibility index (Phi) is 2.96. The van der Waals surface area contributed by atoms with E-state index in [4.69, 9.17) is 4.42 Å². The van der Waals surface area contributed by atoms with Crippen LogP contribution in [0.1, 0.15) is 30.3 Å². The van der Waals surface area contributed by atoms with Gasteiger partial charge in [0.1, 0.15) is 11.6 Å². The van der Waals surface area contributed by atoms with Crippen LogP contribution < -0.4 is 5.32 Å². The van der Waals surface area contributed by atoms with Crippen molar-refractivity contribution in [3.8, 4) is 0 Å². The van der Waals surface area contributed by atoms with Gasteiger partial charge in [0, 0.05) is 31.4 Å². The van der Waals surface area contributed by atoms with E-state index in [1.807, 2.05) is 18.3 Å². The van der Waals surface area contributed by atoms with Crippen molar-refractivity contribution < 1.29 is 4.42 Å². The first-order valence-corrected chi connectivity index (χ1v) is 6.17. The van der Waals surface area contributed by atoms with Gasteiger partial charge in [0.2, 0.25) is 0 Å². The van der Waals surface area contributed by atoms with E-state index in [-0.39, 0.29) is 0 Å². The van der Waals surface area contributed by atoms with Crippen LogP contribution in [-0.2, 0) is 13.1 Å². The van der Waals surface area contributed by atoms with Crippen LogP contribution >= 0.6 is 0 Å². The average Bonchev–Trinajstić information content (AvgIpc) is 2.99. The summed E-state index contributed by atoms with van der Waals surface area (Å²) in [5.74, 6) is 2.75. The molecule has 2 aromatic heterocycles. The lowest BCUT2D eigenvalue weighted by atomic mass is 9.99. The fraction of sp³-hybridized carbons (Fsp3) is 0.462. The Morgan fingerprint density at radius 2 is 2.53 bits per heavy atom. The number of nitrogens with zero attached hydrogens (tertiary/aromatic N) is 2. The molecule has 4 heteroatoms. The van der Waals surface area contributed by atoms with Gasteiger partial charge in [-0.3, -0.25) is 0 Å². The van der Waals surface area contributed by atoms with Gasteiger partial charge in [-0.2, -0.15) is 0 Å². The van der Waals surface area contributed by atoms with E-state index in [0.29, 0.717) is 5.92 Å². The maximum absolute atomic E-state index is 5.29. The number of hydrogen-bond donors (Lipinski definition) is 1. The normalized spacial score (nSPS) is 19.2. The molecule has 1 aliphatic rings. The van der Waals surface area contributed by atoms with Crippen LogP contribution in [-0.4, -0.2) is 16.1 Å². The van der Waals surface area contributed by atoms with Crippen molar-refractivity contribution in [2.75, 3.05) is 6.54 Å². The van der Waals surface area contributed by atoms with Crippen molar-refractivity contribution in [1.29, 1.82) is 0 Å². The zero-order valence-electron chi connectivity index (χ0n) is 9.80. The summed E-state index contributed by atoms with van der Waals surface area (Å²) in [4.78, 5) is 4.45. The van der Waals surface area contributed by atoms with Crippen molar-refractivity contribution >= 4 is 0 Å². The van der Waals surface area contributed by atoms with E-state index >= 15 is 0 Å². The molecule has 0 fully saturated rings. The van der Waals surface area contributed by atoms with Gasteiger partial charge in [0.25, 0.3) is 0 Å². The standard InChI is InChI=1S/C13H17N3O/c1-3-11(13-15-5-7-16(13)6-1)9-14-10-12-4-2-8-17-12/h2,4-5,7-8,11,14H,1,3,6,9-10H2. The molecule has 1 aliphatic heterocycles. The van der Waals surface area contributed by atoms with E-state index in [1.165, 1.54) is 18.7 Å². The first kappa shape index (κ1) is 10.6. The lowest BCUT2D eigenvalue weighted by Crippen LogP contribution is -2.26. The Labute approximate surface area is 101 Å². The SMILES string of the molecule is c1coc(CNCC2CCCn3ccnc32)c1. The van der Waals surface area contributed by atoms with Crippen molar-refractivity contribution in [2.45, 2.75) is 31.8 Å². The molecule has 0 saturated carbocycles. The molecule has 0 saturated heterocycles. The van der Waals surface area contributed by atoms with Crippen LogP contribution in [0.5, 0.6) is 0 Å². The van der Waals surface area contributed by atoms with Crippen LogP contribution in [0, 0.1) is 0 Å². The third-order valence-corrected chi connectivity index (χ3v) is 3.33. The highest BCUT2D eigenvalue weighted by Gasteiger charge is 2.20. The third kappa shape index (κ3) is 2.26. The molecule has 3 rings (SSSR count). The number of aryl methyl sites for hydroxylation is 1. The Hall–Kier alpha value is -1.55. The molecule has 1 unspecified atom stereocenters. The van der Waals surface area contributed by atoms with Crippen LogP contribution in [0.4, 0.5) is 0 Å². The van der Waals surface area contributed by atoms with E-state index in [9.17, 15) is 0 Å². The Morgan fingerprint density at radius 3 is 3.41 bits per heavy atom. The summed E-state index contributed by atoms with van der Waals surface area (Å²) in [7, 11) is 0. The van der Waals surface area contributed by atoms with Gasteiger partial charge < -0.3 is 14.3 Å². The summed E-state index contributed by atoms with van der Waals surface area (Å²) in [5.41, 5.74) is 0. The highest BCUT2D eigenvalue weighted by molar-refractivity contribution is 5.04. The zero-order chi connectivity index (χ0) is 11.5. The maximum atomic E-state index is 5.29. The molecule has 0 aliphatic carbocycles. The average molecular weight is 231 g/mol. The molecule has 0 amide bonds. The van der Waals surface area contributed by atoms with E-state index in [2.05, 4.69) is 21.1 Å². The van der Waals surface area contributed by atoms with Crippen molar-refractivity contribution in [3.63, 3.8) is 0 Å². The molecule has 1 N–H and O–H groups in total. The summed E-state index contributed by atoms with van der Waals surface area (Å²) in [6.07, 6.45) is 8.16. The van der Waals surface area contributed by atoms with Gasteiger partial charge in [-0.05, 0) is 25.0 Å². The number of imidazole rings is 1. The van der Waals surface area contributed by atoms with Gasteiger partial charge in [-0.15, -0.1) is 0 Å². The van der Waals surface area contributed by atoms with Gasteiger partial charge in [-0.25, -0.2) is 4.98 Å². The third-order valence-electron chi connectivity index (χ3n) is 3.33. The van der Waals surface area contributed by atoms with Crippen LogP contribution in [0.2, 0.25) is 0 Å². The van der Waals surface area contributed by atoms with Gasteiger partial charge in [-0.1, -0.05) is 0 Å². The highest BCUT2D eigenvalue weighted by atomic mass is 16.3. The first-order valence-electron chi connectivity index (χ1n) is 6.17. The second-order valence-corrected chi connectivity index (χ2v) is 4.53. The quantitative estimate of drug-likeness (QED) is 0.876. The first-order chi connectivity index (χ1) is 8.43. The van der Waals surface area contributed by atoms with Crippen LogP contribution in [0.3, 0.4) is 0 Å². The molecule has 0 radical (unpaired) electrons. The monoisotopic (exact) mass is 231 g/mol. The molecular formula is C13H17N3O. The number of rotatable bonds is 4. The molecule has 0 aromatic carbocycles. The fourth-order valence-electron chi connectivity index (χ4n) is 2.48. The number of furan rings is 1. The topological polar surface area (TPSA) is 43.0 Å². The highest BCUT2D eigenvalue weighted by Crippen LogP contribution is 2.24. The molecule has 4 nitrogen and oxygen atoms in total. The number of hydrogen-bond acceptors (Lipinski definition) is 3. The minimum atomic E-state index is 0.536. The molecule has 17 heavy (non-hydrogen) atoms. The minimum Gasteiger partial charge on any atom is -0.468 e. The molecule has 0 spiro atoms. The zero-order valence-corrected chi connectivity index (χ0v) is 9.80. The van der Waals surface area contributed by atoms with Crippen molar-refractivity contribution in [2.24, 2.45) is 0 Å². The van der Waals surface area contributed by atoms with Crippen LogP contribution in [0.15, 0.2) is 35.2 Å². The lowest BCUT2D eigenvalue weighted by molar-refractivity contribution is 0.410. The number of nitrogens with one attached hydrogen (secondary N) is 1. The summed E-state index contributed by atoms with van der Waals surface area (Å²) in [6, 6.07) is 3.92. The molecule has 0 bridgehead atoms. The smallest absolute Gasteiger partial charge is 0.117 e. The number of aromatic nitrogens is 2. The Morgan fingerprint density at radius 1 is 1.53 bits per heavy atom. The minimum absolute atomic E-state index is 0.536. The maximum Gasteiger partial charge on any atom is 0.117 e. The Bertz CT molecular complexity index is 461. The summed E-state index contributed by atoms with van der Waals surface area (Å²) >= 11 is 0. The van der Waals surface area contributed by atoms with Crippen molar-refractivity contribution in [3.05, 3.63) is 42.4 Å². The molecule has 3 heterocycles. The second-order valence-electron chi connectivity index (χ2n) is 4.53. The van der Waals surface area contributed by atoms with E-state index in [1.54, 1.807) is 6.26 Å². The number of fused-ring (bicyclic) bond motifs is 1. The lowest BCUT2D eigenvalue weighted by Gasteiger charge is -2.23. The second kappa shape index (κ2) is 4.75. The van der Waals surface area contributed by atoms with Crippen molar-refractivity contribution in [1.82, 2.24) is 14.9 Å². The molecule has 2 aromatic rings. The van der Waals surface area contributed by atoms with Gasteiger partial charge in [0.05, 0.1) is 12.8 Å². The van der Waals surface area contributed by atoms with E-state index in [0.717, 1.165) is 25.4 Å². The summed E-state index contributed by atoms with van der Waals surface area (Å²) < 4.78 is 7.56. The van der Waals surface area contributed by atoms with E-state index < -0.39 is 0 Å². The molecule has 1 atom stereocenters. The summed E-state index contributed by atoms with van der Waals surface area (Å²) in [6.45, 7) is 2.88. The van der Waals surface area contributed by atoms with Crippen LogP contribution in [0.25, 0.3) is 0 Å². The fourth-order valence-corrected chi connectivity index (χ4v) is 2.48. The largest absolute Gasteiger partial charge is 0.468 e. The van der Waals surface area contributed by atoms with Gasteiger partial charge in [0.15, 0.2) is 0 Å². The predicted octanol–water partition coefficient (Wildman–Crippen LogP) is 2.14. The predicted molar refractivity (Wildman–Crippen MR) is 64.6 cm³/mol.